The van der Waals surface area contributed by atoms with Crippen molar-refractivity contribution < 1.29 is 9.90 Å². The molecule has 1 rings (SSSR count). The number of pyridine rings is 1. The van der Waals surface area contributed by atoms with Gasteiger partial charge in [0.2, 0.25) is 5.56 Å². The van der Waals surface area contributed by atoms with Crippen molar-refractivity contribution in [3.05, 3.63) is 33.2 Å². The third-order valence-corrected chi connectivity index (χ3v) is 1.65. The second-order valence-corrected chi connectivity index (χ2v) is 2.65. The van der Waals surface area contributed by atoms with Crippen molar-refractivity contribution in [2.75, 3.05) is 0 Å². The maximum absolute atomic E-state index is 10.6. The van der Waals surface area contributed by atoms with Crippen LogP contribution in [-0.4, -0.2) is 16.1 Å². The first-order chi connectivity index (χ1) is 5.59. The van der Waals surface area contributed by atoms with Crippen molar-refractivity contribution in [3.8, 4) is 0 Å². The largest absolute Gasteiger partial charge is 0.481 e. The Balaban J connectivity index is 3.01. The molecule has 0 bridgehead atoms. The number of hydrogen-bond acceptors (Lipinski definition) is 2. The summed E-state index contributed by atoms with van der Waals surface area (Å²) in [5.41, 5.74) is 0.0675. The summed E-state index contributed by atoms with van der Waals surface area (Å²) in [5, 5.41) is 8.59. The summed E-state index contributed by atoms with van der Waals surface area (Å²) in [4.78, 5) is 23.2. The molecule has 0 spiro atoms. The van der Waals surface area contributed by atoms with Gasteiger partial charge < -0.3 is 10.1 Å². The molecule has 1 heterocycles. The zero-order valence-corrected chi connectivity index (χ0v) is 6.76. The number of H-pyrrole nitrogens is 1. The van der Waals surface area contributed by atoms with Gasteiger partial charge >= 0.3 is 5.97 Å². The summed E-state index contributed by atoms with van der Waals surface area (Å²) in [6, 6.07) is 1.15. The molecule has 0 radical (unpaired) electrons. The molecule has 0 saturated heterocycles. The number of aromatic amines is 1. The SMILES string of the molecule is O=C(O)Cc1c[nH]c(=O)cc1Cl. The van der Waals surface area contributed by atoms with Gasteiger partial charge in [-0.25, -0.2) is 0 Å². The molecular formula is C7H6ClNO3. The molecule has 0 aliphatic heterocycles. The highest BCUT2D eigenvalue weighted by molar-refractivity contribution is 6.31. The number of hydrogen-bond donors (Lipinski definition) is 2. The van der Waals surface area contributed by atoms with Gasteiger partial charge in [-0.1, -0.05) is 11.6 Å². The zero-order valence-electron chi connectivity index (χ0n) is 6.00. The number of aliphatic carboxylic acids is 1. The molecule has 64 valence electrons. The van der Waals surface area contributed by atoms with Gasteiger partial charge in [0.05, 0.1) is 11.4 Å². The first-order valence-corrected chi connectivity index (χ1v) is 3.56. The maximum Gasteiger partial charge on any atom is 0.307 e. The molecule has 0 unspecified atom stereocenters. The van der Waals surface area contributed by atoms with Gasteiger partial charge in [-0.05, 0) is 5.56 Å². The van der Waals surface area contributed by atoms with Crippen LogP contribution in [0.15, 0.2) is 17.1 Å². The minimum Gasteiger partial charge on any atom is -0.481 e. The lowest BCUT2D eigenvalue weighted by molar-refractivity contribution is -0.136. The normalized spacial score (nSPS) is 9.75. The molecule has 0 aromatic carbocycles. The second-order valence-electron chi connectivity index (χ2n) is 2.24. The highest BCUT2D eigenvalue weighted by Crippen LogP contribution is 2.11. The molecule has 5 heteroatoms. The van der Waals surface area contributed by atoms with Gasteiger partial charge in [-0.3, -0.25) is 9.59 Å². The molecule has 1 aromatic heterocycles. The molecule has 12 heavy (non-hydrogen) atoms. The molecule has 1 aromatic rings. The fourth-order valence-electron chi connectivity index (χ4n) is 0.775. The van der Waals surface area contributed by atoms with Crippen molar-refractivity contribution in [1.82, 2.24) is 4.98 Å². The Bertz CT molecular complexity index is 358. The van der Waals surface area contributed by atoms with E-state index in [4.69, 9.17) is 16.7 Å². The highest BCUT2D eigenvalue weighted by atomic mass is 35.5. The van der Waals surface area contributed by atoms with E-state index in [0.29, 0.717) is 5.56 Å². The van der Waals surface area contributed by atoms with Crippen molar-refractivity contribution in [2.24, 2.45) is 0 Å². The minimum absolute atomic E-state index is 0.182. The maximum atomic E-state index is 10.6. The molecule has 0 saturated carbocycles. The fraction of sp³-hybridized carbons (Fsp3) is 0.143. The summed E-state index contributed by atoms with van der Waals surface area (Å²) in [6.07, 6.45) is 1.12. The first kappa shape index (κ1) is 8.80. The lowest BCUT2D eigenvalue weighted by Crippen LogP contribution is -2.07. The van der Waals surface area contributed by atoms with Crippen LogP contribution in [-0.2, 0) is 11.2 Å². The number of halogens is 1. The van der Waals surface area contributed by atoms with Crippen LogP contribution in [0.25, 0.3) is 0 Å². The Kier molecular flexibility index (Phi) is 2.50. The summed E-state index contributed by atoms with van der Waals surface area (Å²) < 4.78 is 0. The van der Waals surface area contributed by atoms with E-state index in [-0.39, 0.29) is 17.0 Å². The average molecular weight is 188 g/mol. The number of carboxylic acid groups (broad SMARTS) is 1. The predicted molar refractivity (Wildman–Crippen MR) is 43.4 cm³/mol. The van der Waals surface area contributed by atoms with E-state index in [1.165, 1.54) is 6.20 Å². The third-order valence-electron chi connectivity index (χ3n) is 1.29. The summed E-state index contributed by atoms with van der Waals surface area (Å²) in [7, 11) is 0. The quantitative estimate of drug-likeness (QED) is 0.715. The number of rotatable bonds is 2. The Hall–Kier alpha value is -1.29. The van der Waals surface area contributed by atoms with Crippen LogP contribution in [0.3, 0.4) is 0 Å². The Morgan fingerprint density at radius 2 is 2.33 bits per heavy atom. The zero-order chi connectivity index (χ0) is 9.14. The van der Waals surface area contributed by atoms with Gasteiger partial charge in [0.15, 0.2) is 0 Å². The van der Waals surface area contributed by atoms with Gasteiger partial charge in [0.1, 0.15) is 0 Å². The Morgan fingerprint density at radius 3 is 2.83 bits per heavy atom. The fourth-order valence-corrected chi connectivity index (χ4v) is 0.996. The van der Waals surface area contributed by atoms with E-state index in [1.54, 1.807) is 0 Å². The molecule has 0 amide bonds. The minimum atomic E-state index is -0.982. The predicted octanol–water partition coefficient (Wildman–Crippen LogP) is 0.655. The molecule has 0 aliphatic carbocycles. The topological polar surface area (TPSA) is 70.2 Å². The number of carboxylic acids is 1. The molecule has 0 fully saturated rings. The van der Waals surface area contributed by atoms with Crippen LogP contribution < -0.4 is 5.56 Å². The summed E-state index contributed by atoms with van der Waals surface area (Å²) in [5.74, 6) is -0.982. The lowest BCUT2D eigenvalue weighted by Gasteiger charge is -1.97. The smallest absolute Gasteiger partial charge is 0.307 e. The van der Waals surface area contributed by atoms with Crippen molar-refractivity contribution >= 4 is 17.6 Å². The van der Waals surface area contributed by atoms with Gasteiger partial charge in [0, 0.05) is 12.3 Å². The van der Waals surface area contributed by atoms with Gasteiger partial charge in [-0.15, -0.1) is 0 Å². The number of nitrogens with one attached hydrogen (secondary N) is 1. The van der Waals surface area contributed by atoms with Gasteiger partial charge in [0.25, 0.3) is 0 Å². The van der Waals surface area contributed by atoms with Crippen molar-refractivity contribution in [2.45, 2.75) is 6.42 Å². The number of aromatic nitrogens is 1. The van der Waals surface area contributed by atoms with E-state index >= 15 is 0 Å². The first-order valence-electron chi connectivity index (χ1n) is 3.18. The van der Waals surface area contributed by atoms with Crippen LogP contribution in [0, 0.1) is 0 Å². The van der Waals surface area contributed by atoms with Crippen LogP contribution in [0.4, 0.5) is 0 Å². The monoisotopic (exact) mass is 187 g/mol. The van der Waals surface area contributed by atoms with Crippen molar-refractivity contribution in [3.63, 3.8) is 0 Å². The van der Waals surface area contributed by atoms with Gasteiger partial charge in [-0.2, -0.15) is 0 Å². The molecular weight excluding hydrogens is 182 g/mol. The van der Waals surface area contributed by atoms with E-state index < -0.39 is 5.97 Å². The Labute approximate surface area is 72.8 Å². The van der Waals surface area contributed by atoms with Crippen molar-refractivity contribution in [1.29, 1.82) is 0 Å². The number of carbonyl (C=O) groups is 1. The average Bonchev–Trinajstić information content (AvgIpc) is 1.94. The van der Waals surface area contributed by atoms with Crippen LogP contribution >= 0.6 is 11.6 Å². The second kappa shape index (κ2) is 3.40. The third kappa shape index (κ3) is 2.10. The van der Waals surface area contributed by atoms with E-state index in [2.05, 4.69) is 4.98 Å². The molecule has 2 N–H and O–H groups in total. The summed E-state index contributed by atoms with van der Waals surface area (Å²) in [6.45, 7) is 0. The van der Waals surface area contributed by atoms with E-state index in [9.17, 15) is 9.59 Å². The molecule has 4 nitrogen and oxygen atoms in total. The lowest BCUT2D eigenvalue weighted by atomic mass is 10.2. The molecule has 0 aliphatic rings. The highest BCUT2D eigenvalue weighted by Gasteiger charge is 2.04. The standard InChI is InChI=1S/C7H6ClNO3/c8-5-2-6(10)9-3-4(5)1-7(11)12/h2-3H,1H2,(H,9,10)(H,11,12). The Morgan fingerprint density at radius 1 is 1.67 bits per heavy atom. The molecule has 0 atom stereocenters. The van der Waals surface area contributed by atoms with Crippen LogP contribution in [0.2, 0.25) is 5.02 Å². The summed E-state index contributed by atoms with van der Waals surface area (Å²) >= 11 is 5.59. The van der Waals surface area contributed by atoms with Crippen LogP contribution in [0.5, 0.6) is 0 Å². The van der Waals surface area contributed by atoms with E-state index in [1.807, 2.05) is 0 Å². The van der Waals surface area contributed by atoms with E-state index in [0.717, 1.165) is 6.07 Å². The van der Waals surface area contributed by atoms with Crippen LogP contribution in [0.1, 0.15) is 5.56 Å².